The summed E-state index contributed by atoms with van der Waals surface area (Å²) in [4.78, 5) is 0. The first-order valence-electron chi connectivity index (χ1n) is 14.7. The molecule has 6 aromatic rings. The van der Waals surface area contributed by atoms with Crippen molar-refractivity contribution in [3.8, 4) is 0 Å². The van der Waals surface area contributed by atoms with Gasteiger partial charge in [-0.15, -0.1) is 0 Å². The van der Waals surface area contributed by atoms with E-state index < -0.39 is 14.1 Å². The van der Waals surface area contributed by atoms with Gasteiger partial charge >= 0.3 is 0 Å². The highest BCUT2D eigenvalue weighted by Crippen LogP contribution is 2.65. The topological polar surface area (TPSA) is 24.7 Å². The van der Waals surface area contributed by atoms with Crippen LogP contribution in [-0.4, -0.2) is 5.90 Å². The molecule has 0 aliphatic heterocycles. The number of benzene rings is 6. The zero-order valence-electron chi connectivity index (χ0n) is 24.7. The second-order valence-electron chi connectivity index (χ2n) is 10.9. The molecule has 6 aromatic carbocycles. The Morgan fingerprint density at radius 1 is 0.372 bits per heavy atom. The first kappa shape index (κ1) is 28.9. The Balaban J connectivity index is 1.78. The first-order valence-corrected chi connectivity index (χ1v) is 18.5. The van der Waals surface area contributed by atoms with Crippen LogP contribution in [0.3, 0.4) is 0 Å². The summed E-state index contributed by atoms with van der Waals surface area (Å²) in [5, 5.41) is 5.05. The SMILES string of the molecule is Cc1cccc(N=P(CP(=Nc2cccc(C)c2)(c2ccccc2)c2ccccc2)(c2ccccc2)c2ccccc2)c1. The lowest BCUT2D eigenvalue weighted by molar-refractivity contribution is 1.43. The van der Waals surface area contributed by atoms with Crippen LogP contribution in [0.15, 0.2) is 179 Å². The third-order valence-electron chi connectivity index (χ3n) is 7.72. The van der Waals surface area contributed by atoms with Gasteiger partial charge in [0.15, 0.2) is 0 Å². The molecular formula is C39H36N2P2. The minimum atomic E-state index is -2.46. The standard InChI is InChI=1S/C39H36N2P2/c1-32-17-15-19-34(29-32)40-42(36-21-7-3-8-22-36,37-23-9-4-10-24-37)31-43(38-25-11-5-12-26-38,39-27-13-6-14-28-39)41-35-20-16-18-33(2)30-35/h3-30H,31H2,1-2H3. The van der Waals surface area contributed by atoms with Gasteiger partial charge in [-0.25, -0.2) is 0 Å². The summed E-state index contributed by atoms with van der Waals surface area (Å²) in [6.45, 7) is 4.28. The second kappa shape index (κ2) is 13.0. The Morgan fingerprint density at radius 2 is 0.674 bits per heavy atom. The van der Waals surface area contributed by atoms with Crippen molar-refractivity contribution in [3.05, 3.63) is 181 Å². The zero-order valence-corrected chi connectivity index (χ0v) is 26.5. The van der Waals surface area contributed by atoms with Crippen LogP contribution in [0, 0.1) is 13.8 Å². The summed E-state index contributed by atoms with van der Waals surface area (Å²) in [6.07, 6.45) is 0. The Bertz CT molecular complexity index is 1690. The Hall–Kier alpha value is -4.22. The van der Waals surface area contributed by atoms with Crippen molar-refractivity contribution in [3.63, 3.8) is 0 Å². The monoisotopic (exact) mass is 594 g/mol. The van der Waals surface area contributed by atoms with Crippen LogP contribution in [0.1, 0.15) is 11.1 Å². The molecule has 0 radical (unpaired) electrons. The van der Waals surface area contributed by atoms with E-state index in [0.29, 0.717) is 0 Å². The van der Waals surface area contributed by atoms with Gasteiger partial charge in [0.25, 0.3) is 0 Å². The van der Waals surface area contributed by atoms with Gasteiger partial charge in [0.05, 0.1) is 11.4 Å². The lowest BCUT2D eigenvalue weighted by Gasteiger charge is -2.35. The molecule has 2 nitrogen and oxygen atoms in total. The largest absolute Gasteiger partial charge is 0.258 e. The van der Waals surface area contributed by atoms with E-state index in [-0.39, 0.29) is 0 Å². The predicted octanol–water partition coefficient (Wildman–Crippen LogP) is 9.93. The molecule has 212 valence electrons. The smallest absolute Gasteiger partial charge is 0.0624 e. The molecule has 0 aliphatic rings. The van der Waals surface area contributed by atoms with Crippen molar-refractivity contribution in [2.24, 2.45) is 9.49 Å². The number of rotatable bonds is 8. The second-order valence-corrected chi connectivity index (χ2v) is 17.6. The lowest BCUT2D eigenvalue weighted by Crippen LogP contribution is -2.25. The van der Waals surface area contributed by atoms with Crippen LogP contribution in [0.4, 0.5) is 11.4 Å². The highest BCUT2D eigenvalue weighted by atomic mass is 31.2. The molecule has 0 aliphatic carbocycles. The maximum atomic E-state index is 5.87. The summed E-state index contributed by atoms with van der Waals surface area (Å²) in [5.41, 5.74) is 4.43. The van der Waals surface area contributed by atoms with E-state index in [2.05, 4.69) is 184 Å². The van der Waals surface area contributed by atoms with Gasteiger partial charge in [0.2, 0.25) is 0 Å². The first-order chi connectivity index (χ1) is 21.1. The van der Waals surface area contributed by atoms with E-state index in [1.54, 1.807) is 0 Å². The van der Waals surface area contributed by atoms with E-state index in [1.807, 2.05) is 0 Å². The zero-order chi connectivity index (χ0) is 29.5. The normalized spacial score (nSPS) is 11.6. The average molecular weight is 595 g/mol. The third-order valence-corrected chi connectivity index (χ3v) is 16.7. The fourth-order valence-electron chi connectivity index (χ4n) is 5.69. The number of nitrogens with zero attached hydrogens (tertiary/aromatic N) is 2. The quantitative estimate of drug-likeness (QED) is 0.157. The van der Waals surface area contributed by atoms with Crippen LogP contribution < -0.4 is 21.2 Å². The fraction of sp³-hybridized carbons (Fsp3) is 0.0769. The Morgan fingerprint density at radius 3 is 0.953 bits per heavy atom. The Labute approximate surface area is 256 Å². The number of aryl methyl sites for hydroxylation is 2. The molecule has 0 bridgehead atoms. The van der Waals surface area contributed by atoms with Gasteiger partial charge < -0.3 is 0 Å². The molecule has 4 heteroatoms. The highest BCUT2D eigenvalue weighted by Gasteiger charge is 2.36. The summed E-state index contributed by atoms with van der Waals surface area (Å²) in [7, 11) is -4.93. The van der Waals surface area contributed by atoms with E-state index in [4.69, 9.17) is 9.49 Å². The van der Waals surface area contributed by atoms with E-state index in [0.717, 1.165) is 17.3 Å². The van der Waals surface area contributed by atoms with Crippen molar-refractivity contribution in [2.75, 3.05) is 5.90 Å². The minimum absolute atomic E-state index is 0.796. The number of hydrogen-bond acceptors (Lipinski definition) is 2. The van der Waals surface area contributed by atoms with Gasteiger partial charge in [0.1, 0.15) is 0 Å². The van der Waals surface area contributed by atoms with Crippen molar-refractivity contribution >= 4 is 46.7 Å². The molecular weight excluding hydrogens is 558 g/mol. The fourth-order valence-corrected chi connectivity index (χ4v) is 15.9. The van der Waals surface area contributed by atoms with Crippen LogP contribution in [0.2, 0.25) is 0 Å². The molecule has 0 saturated carbocycles. The van der Waals surface area contributed by atoms with Crippen molar-refractivity contribution in [2.45, 2.75) is 13.8 Å². The molecule has 0 spiro atoms. The molecule has 6 rings (SSSR count). The van der Waals surface area contributed by atoms with Gasteiger partial charge in [-0.1, -0.05) is 146 Å². The van der Waals surface area contributed by atoms with Crippen molar-refractivity contribution < 1.29 is 0 Å². The van der Waals surface area contributed by atoms with Gasteiger partial charge in [0, 0.05) is 20.0 Å². The summed E-state index contributed by atoms with van der Waals surface area (Å²) in [5.74, 6) is 0.796. The van der Waals surface area contributed by atoms with E-state index >= 15 is 0 Å². The predicted molar refractivity (Wildman–Crippen MR) is 190 cm³/mol. The molecule has 0 N–H and O–H groups in total. The van der Waals surface area contributed by atoms with Crippen LogP contribution >= 0.6 is 14.1 Å². The molecule has 43 heavy (non-hydrogen) atoms. The van der Waals surface area contributed by atoms with Gasteiger partial charge in [-0.2, -0.15) is 0 Å². The highest BCUT2D eigenvalue weighted by molar-refractivity contribution is 7.96. The minimum Gasteiger partial charge on any atom is -0.258 e. The third kappa shape index (κ3) is 6.28. The van der Waals surface area contributed by atoms with Crippen LogP contribution in [-0.2, 0) is 0 Å². The molecule has 0 aromatic heterocycles. The van der Waals surface area contributed by atoms with Gasteiger partial charge in [-0.05, 0) is 70.5 Å². The molecule has 0 atom stereocenters. The maximum absolute atomic E-state index is 5.87. The summed E-state index contributed by atoms with van der Waals surface area (Å²) < 4.78 is 11.7. The molecule has 0 heterocycles. The molecule has 0 unspecified atom stereocenters. The summed E-state index contributed by atoms with van der Waals surface area (Å²) >= 11 is 0. The van der Waals surface area contributed by atoms with Crippen LogP contribution in [0.25, 0.3) is 0 Å². The van der Waals surface area contributed by atoms with E-state index in [1.165, 1.54) is 32.3 Å². The van der Waals surface area contributed by atoms with Crippen LogP contribution in [0.5, 0.6) is 0 Å². The van der Waals surface area contributed by atoms with E-state index in [9.17, 15) is 0 Å². The molecule has 0 fully saturated rings. The number of hydrogen-bond donors (Lipinski definition) is 0. The average Bonchev–Trinajstić information content (AvgIpc) is 3.06. The van der Waals surface area contributed by atoms with Gasteiger partial charge in [-0.3, -0.25) is 9.49 Å². The lowest BCUT2D eigenvalue weighted by atomic mass is 10.2. The van der Waals surface area contributed by atoms with Crippen molar-refractivity contribution in [1.82, 2.24) is 0 Å². The molecule has 0 saturated heterocycles. The maximum Gasteiger partial charge on any atom is 0.0624 e. The molecule has 0 amide bonds. The van der Waals surface area contributed by atoms with Crippen molar-refractivity contribution in [1.29, 1.82) is 0 Å². The Kier molecular flexibility index (Phi) is 8.71. The summed E-state index contributed by atoms with van der Waals surface area (Å²) in [6, 6.07) is 61.1.